The van der Waals surface area contributed by atoms with Crippen molar-refractivity contribution >= 4 is 11.6 Å². The van der Waals surface area contributed by atoms with Gasteiger partial charge in [0.1, 0.15) is 5.75 Å². The molecule has 100 valence electrons. The molecule has 0 aliphatic heterocycles. The van der Waals surface area contributed by atoms with E-state index in [2.05, 4.69) is 11.8 Å². The Balaban J connectivity index is 2.20. The standard InChI is InChI=1S/C17H15NO2/c1-18(15-10-6-7-11-16(15)20-2)17(19)13-12-14-8-4-3-5-9-14/h3-11H,1-2H3. The highest BCUT2D eigenvalue weighted by Gasteiger charge is 2.12. The molecule has 0 radical (unpaired) electrons. The highest BCUT2D eigenvalue weighted by Crippen LogP contribution is 2.26. The SMILES string of the molecule is COc1ccccc1N(C)C(=O)C#Cc1ccccc1. The van der Waals surface area contributed by atoms with Crippen LogP contribution in [0, 0.1) is 11.8 Å². The molecule has 0 unspecified atom stereocenters. The third kappa shape index (κ3) is 3.18. The summed E-state index contributed by atoms with van der Waals surface area (Å²) in [5.41, 5.74) is 1.51. The Morgan fingerprint density at radius 1 is 1.05 bits per heavy atom. The van der Waals surface area contributed by atoms with Crippen LogP contribution in [0.25, 0.3) is 0 Å². The van der Waals surface area contributed by atoms with E-state index in [0.717, 1.165) is 5.56 Å². The summed E-state index contributed by atoms with van der Waals surface area (Å²) >= 11 is 0. The lowest BCUT2D eigenvalue weighted by molar-refractivity contribution is -0.113. The van der Waals surface area contributed by atoms with Crippen molar-refractivity contribution in [2.45, 2.75) is 0 Å². The first kappa shape index (κ1) is 13.7. The lowest BCUT2D eigenvalue weighted by atomic mass is 10.2. The van der Waals surface area contributed by atoms with E-state index in [0.29, 0.717) is 11.4 Å². The Kier molecular flexibility index (Phi) is 4.41. The molecule has 0 N–H and O–H groups in total. The normalized spacial score (nSPS) is 9.30. The van der Waals surface area contributed by atoms with E-state index in [1.54, 1.807) is 14.2 Å². The van der Waals surface area contributed by atoms with Gasteiger partial charge >= 0.3 is 5.91 Å². The quantitative estimate of drug-likeness (QED) is 0.781. The molecule has 20 heavy (non-hydrogen) atoms. The number of rotatable bonds is 2. The molecular formula is C17H15NO2. The number of methoxy groups -OCH3 is 1. The second kappa shape index (κ2) is 6.44. The predicted molar refractivity (Wildman–Crippen MR) is 79.7 cm³/mol. The van der Waals surface area contributed by atoms with E-state index in [1.165, 1.54) is 4.90 Å². The smallest absolute Gasteiger partial charge is 0.303 e. The second-order valence-corrected chi connectivity index (χ2v) is 4.15. The van der Waals surface area contributed by atoms with Crippen LogP contribution in [0.4, 0.5) is 5.69 Å². The van der Waals surface area contributed by atoms with Gasteiger partial charge < -0.3 is 9.64 Å². The Hall–Kier alpha value is -2.73. The van der Waals surface area contributed by atoms with Crippen LogP contribution in [0.1, 0.15) is 5.56 Å². The summed E-state index contributed by atoms with van der Waals surface area (Å²) in [5.74, 6) is 5.84. The van der Waals surface area contributed by atoms with Gasteiger partial charge in [0.2, 0.25) is 0 Å². The van der Waals surface area contributed by atoms with E-state index < -0.39 is 0 Å². The summed E-state index contributed by atoms with van der Waals surface area (Å²) in [6.45, 7) is 0. The number of benzene rings is 2. The number of hydrogen-bond donors (Lipinski definition) is 0. The molecule has 2 rings (SSSR count). The Morgan fingerprint density at radius 3 is 2.40 bits per heavy atom. The van der Waals surface area contributed by atoms with Crippen LogP contribution >= 0.6 is 0 Å². The largest absolute Gasteiger partial charge is 0.495 e. The maximum atomic E-state index is 12.1. The van der Waals surface area contributed by atoms with Crippen LogP contribution in [-0.4, -0.2) is 20.1 Å². The zero-order chi connectivity index (χ0) is 14.4. The molecule has 0 saturated heterocycles. The lowest BCUT2D eigenvalue weighted by Gasteiger charge is -2.17. The summed E-state index contributed by atoms with van der Waals surface area (Å²) in [7, 11) is 3.26. The number of anilines is 1. The van der Waals surface area contributed by atoms with Gasteiger partial charge in [0.15, 0.2) is 0 Å². The molecule has 0 heterocycles. The van der Waals surface area contributed by atoms with E-state index in [-0.39, 0.29) is 5.91 Å². The molecule has 3 nitrogen and oxygen atoms in total. The number of amides is 1. The first-order chi connectivity index (χ1) is 9.72. The zero-order valence-corrected chi connectivity index (χ0v) is 11.5. The van der Waals surface area contributed by atoms with E-state index in [1.807, 2.05) is 54.6 Å². The summed E-state index contributed by atoms with van der Waals surface area (Å²) in [4.78, 5) is 13.6. The van der Waals surface area contributed by atoms with Crippen molar-refractivity contribution in [1.29, 1.82) is 0 Å². The number of nitrogens with zero attached hydrogens (tertiary/aromatic N) is 1. The summed E-state index contributed by atoms with van der Waals surface area (Å²) in [6.07, 6.45) is 0. The Labute approximate surface area is 118 Å². The van der Waals surface area contributed by atoms with Gasteiger partial charge in [-0.3, -0.25) is 4.79 Å². The van der Waals surface area contributed by atoms with Gasteiger partial charge in [-0.1, -0.05) is 36.3 Å². The van der Waals surface area contributed by atoms with Gasteiger partial charge in [-0.2, -0.15) is 0 Å². The molecule has 0 aliphatic rings. The van der Waals surface area contributed by atoms with Gasteiger partial charge in [0.05, 0.1) is 12.8 Å². The highest BCUT2D eigenvalue weighted by molar-refractivity contribution is 6.06. The average Bonchev–Trinajstić information content (AvgIpc) is 2.52. The van der Waals surface area contributed by atoms with Crippen molar-refractivity contribution in [3.05, 3.63) is 60.2 Å². The topological polar surface area (TPSA) is 29.5 Å². The fourth-order valence-corrected chi connectivity index (χ4v) is 1.75. The van der Waals surface area contributed by atoms with E-state index in [9.17, 15) is 4.79 Å². The molecule has 3 heteroatoms. The number of para-hydroxylation sites is 2. The molecule has 0 saturated carbocycles. The molecule has 0 aliphatic carbocycles. The summed E-state index contributed by atoms with van der Waals surface area (Å²) in [5, 5.41) is 0. The van der Waals surface area contributed by atoms with Gasteiger partial charge in [-0.15, -0.1) is 0 Å². The lowest BCUT2D eigenvalue weighted by Crippen LogP contribution is -2.24. The van der Waals surface area contributed by atoms with Crippen molar-refractivity contribution in [2.24, 2.45) is 0 Å². The second-order valence-electron chi connectivity index (χ2n) is 4.15. The van der Waals surface area contributed by atoms with Crippen molar-refractivity contribution in [2.75, 3.05) is 19.1 Å². The van der Waals surface area contributed by atoms with Gasteiger partial charge in [-0.05, 0) is 24.3 Å². The minimum atomic E-state index is -0.279. The molecule has 0 aromatic heterocycles. The molecule has 2 aromatic rings. The maximum absolute atomic E-state index is 12.1. The monoisotopic (exact) mass is 265 g/mol. The third-order valence-corrected chi connectivity index (χ3v) is 2.84. The summed E-state index contributed by atoms with van der Waals surface area (Å²) < 4.78 is 5.24. The van der Waals surface area contributed by atoms with Crippen LogP contribution in [0.5, 0.6) is 5.75 Å². The predicted octanol–water partition coefficient (Wildman–Crippen LogP) is 2.71. The van der Waals surface area contributed by atoms with Crippen LogP contribution in [0.15, 0.2) is 54.6 Å². The third-order valence-electron chi connectivity index (χ3n) is 2.84. The first-order valence-corrected chi connectivity index (χ1v) is 6.20. The molecule has 0 spiro atoms. The zero-order valence-electron chi connectivity index (χ0n) is 11.5. The molecule has 0 atom stereocenters. The number of hydrogen-bond acceptors (Lipinski definition) is 2. The number of carbonyl (C=O) groups is 1. The first-order valence-electron chi connectivity index (χ1n) is 6.20. The van der Waals surface area contributed by atoms with Crippen LogP contribution in [0.3, 0.4) is 0 Å². The molecule has 2 aromatic carbocycles. The molecule has 0 bridgehead atoms. The average molecular weight is 265 g/mol. The van der Waals surface area contributed by atoms with Crippen LogP contribution in [-0.2, 0) is 4.79 Å². The number of carbonyl (C=O) groups excluding carboxylic acids is 1. The van der Waals surface area contributed by atoms with E-state index in [4.69, 9.17) is 4.74 Å². The fourth-order valence-electron chi connectivity index (χ4n) is 1.75. The van der Waals surface area contributed by atoms with Crippen molar-refractivity contribution in [3.63, 3.8) is 0 Å². The Bertz CT molecular complexity index is 653. The minimum absolute atomic E-state index is 0.279. The van der Waals surface area contributed by atoms with Crippen molar-refractivity contribution in [3.8, 4) is 17.6 Å². The number of ether oxygens (including phenoxy) is 1. The van der Waals surface area contributed by atoms with Crippen molar-refractivity contribution < 1.29 is 9.53 Å². The highest BCUT2D eigenvalue weighted by atomic mass is 16.5. The van der Waals surface area contributed by atoms with Gasteiger partial charge in [-0.25, -0.2) is 0 Å². The Morgan fingerprint density at radius 2 is 1.70 bits per heavy atom. The van der Waals surface area contributed by atoms with Crippen LogP contribution in [0.2, 0.25) is 0 Å². The summed E-state index contributed by atoms with van der Waals surface area (Å²) in [6, 6.07) is 16.8. The fraction of sp³-hybridized carbons (Fsp3) is 0.118. The van der Waals surface area contributed by atoms with Crippen LogP contribution < -0.4 is 9.64 Å². The molecular weight excluding hydrogens is 250 g/mol. The van der Waals surface area contributed by atoms with E-state index >= 15 is 0 Å². The van der Waals surface area contributed by atoms with Gasteiger partial charge in [0.25, 0.3) is 0 Å². The molecule has 1 amide bonds. The molecule has 0 fully saturated rings. The van der Waals surface area contributed by atoms with Gasteiger partial charge in [0, 0.05) is 18.5 Å². The maximum Gasteiger partial charge on any atom is 0.303 e. The van der Waals surface area contributed by atoms with Crippen molar-refractivity contribution in [1.82, 2.24) is 0 Å². The minimum Gasteiger partial charge on any atom is -0.495 e.